The molecule has 0 spiro atoms. The lowest BCUT2D eigenvalue weighted by Crippen LogP contribution is -2.36. The molecular formula is C18H17F2NO3S. The summed E-state index contributed by atoms with van der Waals surface area (Å²) in [6, 6.07) is 10.5. The van der Waals surface area contributed by atoms with Gasteiger partial charge in [-0.3, -0.25) is 4.79 Å². The van der Waals surface area contributed by atoms with Crippen LogP contribution in [0.1, 0.15) is 27.9 Å². The molecule has 2 aromatic rings. The fourth-order valence-electron chi connectivity index (χ4n) is 3.10. The van der Waals surface area contributed by atoms with Crippen LogP contribution in [0, 0.1) is 6.92 Å². The van der Waals surface area contributed by atoms with Crippen molar-refractivity contribution in [1.82, 2.24) is 0 Å². The third-order valence-electron chi connectivity index (χ3n) is 4.33. The molecule has 7 heteroatoms. The van der Waals surface area contributed by atoms with Gasteiger partial charge in [0.2, 0.25) is 9.84 Å². The van der Waals surface area contributed by atoms with Crippen molar-refractivity contribution in [3.05, 3.63) is 59.2 Å². The van der Waals surface area contributed by atoms with Crippen molar-refractivity contribution in [2.45, 2.75) is 30.4 Å². The van der Waals surface area contributed by atoms with E-state index in [1.54, 1.807) is 4.90 Å². The van der Waals surface area contributed by atoms with Crippen molar-refractivity contribution in [3.8, 4) is 0 Å². The van der Waals surface area contributed by atoms with E-state index in [1.165, 1.54) is 12.1 Å². The number of para-hydroxylation sites is 1. The maximum absolute atomic E-state index is 12.8. The van der Waals surface area contributed by atoms with Crippen LogP contribution in [0.15, 0.2) is 47.4 Å². The third-order valence-corrected chi connectivity index (χ3v) is 5.73. The lowest BCUT2D eigenvalue weighted by molar-refractivity contribution is 0.0985. The summed E-state index contributed by atoms with van der Waals surface area (Å²) in [6.45, 7) is 2.50. The zero-order chi connectivity index (χ0) is 18.2. The van der Waals surface area contributed by atoms with Gasteiger partial charge in [-0.1, -0.05) is 18.2 Å². The first-order chi connectivity index (χ1) is 11.8. The Hall–Kier alpha value is -2.28. The smallest absolute Gasteiger partial charge is 0.308 e. The second kappa shape index (κ2) is 6.55. The summed E-state index contributed by atoms with van der Waals surface area (Å²) in [6.07, 6.45) is 1.73. The minimum atomic E-state index is -4.66. The Morgan fingerprint density at radius 2 is 1.80 bits per heavy atom. The second-order valence-electron chi connectivity index (χ2n) is 5.97. The van der Waals surface area contributed by atoms with Crippen LogP contribution in [0.2, 0.25) is 0 Å². The maximum Gasteiger partial charge on any atom is 0.341 e. The number of hydrogen-bond donors (Lipinski definition) is 0. The monoisotopic (exact) mass is 365 g/mol. The first-order valence-corrected chi connectivity index (χ1v) is 9.39. The minimum Gasteiger partial charge on any atom is -0.308 e. The van der Waals surface area contributed by atoms with Gasteiger partial charge in [-0.15, -0.1) is 0 Å². The summed E-state index contributed by atoms with van der Waals surface area (Å²) in [4.78, 5) is 14.0. The molecule has 1 aliphatic rings. The number of fused-ring (bicyclic) bond motifs is 1. The van der Waals surface area contributed by atoms with E-state index in [4.69, 9.17) is 0 Å². The molecule has 0 bridgehead atoms. The molecule has 4 nitrogen and oxygen atoms in total. The average Bonchev–Trinajstić information content (AvgIpc) is 2.61. The van der Waals surface area contributed by atoms with E-state index in [0.717, 1.165) is 41.8 Å². The highest BCUT2D eigenvalue weighted by Crippen LogP contribution is 2.31. The number of carbonyl (C=O) groups excluding carboxylic acids is 1. The predicted octanol–water partition coefficient (Wildman–Crippen LogP) is 3.58. The van der Waals surface area contributed by atoms with Crippen molar-refractivity contribution in [2.75, 3.05) is 11.4 Å². The van der Waals surface area contributed by atoms with Gasteiger partial charge >= 0.3 is 5.76 Å². The van der Waals surface area contributed by atoms with E-state index in [9.17, 15) is 22.0 Å². The summed E-state index contributed by atoms with van der Waals surface area (Å²) in [5, 5.41) is 0. The molecule has 0 fully saturated rings. The number of rotatable bonds is 3. The summed E-state index contributed by atoms with van der Waals surface area (Å²) >= 11 is 0. The molecule has 0 aromatic heterocycles. The topological polar surface area (TPSA) is 54.5 Å². The Balaban J connectivity index is 1.93. The number of alkyl halides is 2. The normalized spacial score (nSPS) is 14.5. The molecule has 1 aliphatic heterocycles. The fourth-order valence-corrected chi connectivity index (χ4v) is 3.82. The van der Waals surface area contributed by atoms with E-state index >= 15 is 0 Å². The van der Waals surface area contributed by atoms with Crippen molar-refractivity contribution in [1.29, 1.82) is 0 Å². The largest absolute Gasteiger partial charge is 0.341 e. The molecular weight excluding hydrogens is 348 g/mol. The van der Waals surface area contributed by atoms with Gasteiger partial charge < -0.3 is 4.90 Å². The summed E-state index contributed by atoms with van der Waals surface area (Å²) < 4.78 is 48.1. The lowest BCUT2D eigenvalue weighted by atomic mass is 9.97. The minimum absolute atomic E-state index is 0.267. The molecule has 1 heterocycles. The Morgan fingerprint density at radius 1 is 1.12 bits per heavy atom. The van der Waals surface area contributed by atoms with E-state index in [-0.39, 0.29) is 11.5 Å². The molecule has 1 amide bonds. The number of aryl methyl sites for hydroxylation is 2. The van der Waals surface area contributed by atoms with Gasteiger partial charge in [0, 0.05) is 12.1 Å². The number of amides is 1. The SMILES string of the molecule is Cc1cccc2c1N(C(=O)c1ccc(S(=O)(=O)C(F)F)cc1)CCC2. The average molecular weight is 365 g/mol. The van der Waals surface area contributed by atoms with Gasteiger partial charge in [0.05, 0.1) is 10.6 Å². The number of benzene rings is 2. The van der Waals surface area contributed by atoms with Crippen LogP contribution in [-0.2, 0) is 16.3 Å². The van der Waals surface area contributed by atoms with Crippen LogP contribution in [0.4, 0.5) is 14.5 Å². The number of nitrogens with zero attached hydrogens (tertiary/aromatic N) is 1. The standard InChI is InChI=1S/C18H17F2NO3S/c1-12-4-2-5-13-6-3-11-21(16(12)13)17(22)14-7-9-15(10-8-14)25(23,24)18(19)20/h2,4-5,7-10,18H,3,6,11H2,1H3. The summed E-state index contributed by atoms with van der Waals surface area (Å²) in [5.41, 5.74) is 3.23. The first kappa shape index (κ1) is 17.5. The van der Waals surface area contributed by atoms with Crippen LogP contribution in [-0.4, -0.2) is 26.6 Å². The molecule has 0 saturated carbocycles. The Kier molecular flexibility index (Phi) is 4.60. The molecule has 0 radical (unpaired) electrons. The number of halogens is 2. The Labute approximate surface area is 145 Å². The van der Waals surface area contributed by atoms with Gasteiger partial charge in [0.25, 0.3) is 5.91 Å². The summed E-state index contributed by atoms with van der Waals surface area (Å²) in [7, 11) is -4.66. The van der Waals surface area contributed by atoms with Crippen LogP contribution in [0.3, 0.4) is 0 Å². The van der Waals surface area contributed by atoms with Crippen LogP contribution < -0.4 is 4.90 Å². The van der Waals surface area contributed by atoms with E-state index in [1.807, 2.05) is 25.1 Å². The molecule has 25 heavy (non-hydrogen) atoms. The predicted molar refractivity (Wildman–Crippen MR) is 90.8 cm³/mol. The van der Waals surface area contributed by atoms with Crippen molar-refractivity contribution >= 4 is 21.4 Å². The van der Waals surface area contributed by atoms with Crippen molar-refractivity contribution in [2.24, 2.45) is 0 Å². The van der Waals surface area contributed by atoms with Gasteiger partial charge in [0.1, 0.15) is 0 Å². The fraction of sp³-hybridized carbons (Fsp3) is 0.278. The first-order valence-electron chi connectivity index (χ1n) is 7.85. The third kappa shape index (κ3) is 3.16. The van der Waals surface area contributed by atoms with Crippen LogP contribution in [0.5, 0.6) is 0 Å². The molecule has 3 rings (SSSR count). The zero-order valence-electron chi connectivity index (χ0n) is 13.6. The molecule has 0 saturated heterocycles. The molecule has 132 valence electrons. The number of anilines is 1. The second-order valence-corrected chi connectivity index (χ2v) is 7.89. The summed E-state index contributed by atoms with van der Waals surface area (Å²) in [5.74, 6) is -3.75. The Morgan fingerprint density at radius 3 is 2.44 bits per heavy atom. The van der Waals surface area contributed by atoms with Crippen molar-refractivity contribution < 1.29 is 22.0 Å². The molecule has 0 N–H and O–H groups in total. The molecule has 0 unspecified atom stereocenters. The lowest BCUT2D eigenvalue weighted by Gasteiger charge is -2.31. The highest BCUT2D eigenvalue weighted by Gasteiger charge is 2.28. The highest BCUT2D eigenvalue weighted by atomic mass is 32.2. The number of hydrogen-bond acceptors (Lipinski definition) is 3. The van der Waals surface area contributed by atoms with Gasteiger partial charge in [-0.05, 0) is 55.2 Å². The zero-order valence-corrected chi connectivity index (χ0v) is 14.4. The van der Waals surface area contributed by atoms with Gasteiger partial charge in [-0.2, -0.15) is 8.78 Å². The van der Waals surface area contributed by atoms with E-state index < -0.39 is 20.5 Å². The quantitative estimate of drug-likeness (QED) is 0.835. The van der Waals surface area contributed by atoms with Gasteiger partial charge in [-0.25, -0.2) is 8.42 Å². The number of carbonyl (C=O) groups is 1. The molecule has 2 aromatic carbocycles. The van der Waals surface area contributed by atoms with Crippen molar-refractivity contribution in [3.63, 3.8) is 0 Å². The van der Waals surface area contributed by atoms with Crippen LogP contribution in [0.25, 0.3) is 0 Å². The number of sulfone groups is 1. The van der Waals surface area contributed by atoms with E-state index in [2.05, 4.69) is 0 Å². The molecule has 0 aliphatic carbocycles. The van der Waals surface area contributed by atoms with Crippen LogP contribution >= 0.6 is 0 Å². The molecule has 0 atom stereocenters. The van der Waals surface area contributed by atoms with E-state index in [0.29, 0.717) is 6.54 Å². The van der Waals surface area contributed by atoms with Gasteiger partial charge in [0.15, 0.2) is 0 Å². The Bertz CT molecular complexity index is 908. The highest BCUT2D eigenvalue weighted by molar-refractivity contribution is 7.91. The maximum atomic E-state index is 12.8.